The second kappa shape index (κ2) is 12.4. The molecule has 3 aromatic carbocycles. The number of aromatic nitrogens is 3. The first-order valence-electron chi connectivity index (χ1n) is 12.7. The minimum atomic E-state index is -0.629. The van der Waals surface area contributed by atoms with Crippen molar-refractivity contribution < 1.29 is 14.5 Å². The third-order valence-corrected chi connectivity index (χ3v) is 6.05. The Morgan fingerprint density at radius 1 is 0.925 bits per heavy atom. The van der Waals surface area contributed by atoms with Gasteiger partial charge in [-0.1, -0.05) is 30.3 Å². The third kappa shape index (κ3) is 6.92. The summed E-state index contributed by atoms with van der Waals surface area (Å²) in [6.45, 7) is 1.76. The fraction of sp³-hybridized carbons (Fsp3) is 0.179. The van der Waals surface area contributed by atoms with Gasteiger partial charge in [-0.2, -0.15) is 20.1 Å². The Morgan fingerprint density at radius 2 is 1.68 bits per heavy atom. The van der Waals surface area contributed by atoms with Crippen molar-refractivity contribution in [3.8, 4) is 5.75 Å². The number of carbonyl (C=O) groups excluding carboxylic acids is 1. The quantitative estimate of drug-likeness (QED) is 0.0960. The van der Waals surface area contributed by atoms with Crippen molar-refractivity contribution in [2.24, 2.45) is 5.10 Å². The molecule has 0 aliphatic carbocycles. The van der Waals surface area contributed by atoms with Gasteiger partial charge in [-0.05, 0) is 61.2 Å². The highest BCUT2D eigenvalue weighted by Crippen LogP contribution is 2.21. The number of piperidine rings is 1. The van der Waals surface area contributed by atoms with Crippen LogP contribution in [0, 0.1) is 10.1 Å². The molecule has 0 bridgehead atoms. The van der Waals surface area contributed by atoms with E-state index in [1.807, 2.05) is 30.3 Å². The van der Waals surface area contributed by atoms with Crippen LogP contribution >= 0.6 is 0 Å². The normalized spacial score (nSPS) is 13.2. The van der Waals surface area contributed by atoms with Gasteiger partial charge in [0.1, 0.15) is 5.75 Å². The Hall–Kier alpha value is -5.39. The van der Waals surface area contributed by atoms with E-state index in [1.54, 1.807) is 30.5 Å². The van der Waals surface area contributed by atoms with E-state index >= 15 is 0 Å². The van der Waals surface area contributed by atoms with E-state index in [1.165, 1.54) is 30.7 Å². The second-order valence-corrected chi connectivity index (χ2v) is 8.96. The number of para-hydroxylation sites is 1. The van der Waals surface area contributed by atoms with Crippen LogP contribution in [-0.2, 0) is 0 Å². The minimum absolute atomic E-state index is 0.105. The van der Waals surface area contributed by atoms with Crippen molar-refractivity contribution in [1.29, 1.82) is 0 Å². The van der Waals surface area contributed by atoms with Crippen molar-refractivity contribution in [1.82, 2.24) is 15.0 Å². The van der Waals surface area contributed by atoms with Crippen molar-refractivity contribution in [2.75, 3.05) is 28.7 Å². The summed E-state index contributed by atoms with van der Waals surface area (Å²) in [4.78, 5) is 38.5. The van der Waals surface area contributed by atoms with Crippen LogP contribution in [0.25, 0.3) is 0 Å². The first-order chi connectivity index (χ1) is 19.5. The summed E-state index contributed by atoms with van der Waals surface area (Å²) in [6.07, 6.45) is 4.91. The number of non-ortho nitro benzene ring substituents is 1. The van der Waals surface area contributed by atoms with Crippen molar-refractivity contribution in [3.05, 3.63) is 100 Å². The van der Waals surface area contributed by atoms with Gasteiger partial charge in [0, 0.05) is 30.9 Å². The lowest BCUT2D eigenvalue weighted by Gasteiger charge is -2.26. The van der Waals surface area contributed by atoms with E-state index in [0.717, 1.165) is 31.6 Å². The molecule has 1 aliphatic rings. The van der Waals surface area contributed by atoms with Crippen LogP contribution in [-0.4, -0.2) is 45.1 Å². The lowest BCUT2D eigenvalue weighted by molar-refractivity contribution is -0.384. The molecule has 202 valence electrons. The van der Waals surface area contributed by atoms with Gasteiger partial charge in [-0.25, -0.2) is 10.2 Å². The molecule has 0 atom stereocenters. The molecule has 40 heavy (non-hydrogen) atoms. The number of carbonyl (C=O) groups is 1. The number of hydrogen-bond donors (Lipinski definition) is 2. The second-order valence-electron chi connectivity index (χ2n) is 8.96. The number of nitro groups is 1. The monoisotopic (exact) mass is 538 g/mol. The van der Waals surface area contributed by atoms with Gasteiger partial charge in [-0.15, -0.1) is 0 Å². The molecule has 2 heterocycles. The molecule has 2 N–H and O–H groups in total. The summed E-state index contributed by atoms with van der Waals surface area (Å²) >= 11 is 0. The van der Waals surface area contributed by atoms with Crippen LogP contribution in [0.2, 0.25) is 0 Å². The molecule has 12 heteroatoms. The maximum atomic E-state index is 12.5. The summed E-state index contributed by atoms with van der Waals surface area (Å²) in [6, 6.07) is 21.6. The standard InChI is InChI=1S/C28H26N8O4/c37-25(21-12-14-23(15-13-21)36(38)39)40-24-11-7-8-20(18-24)19-29-34-27-31-26(30-22-9-3-1-4-10-22)32-28(33-27)35-16-5-2-6-17-35/h1,3-4,7-15,18-19H,2,5-6,16-17H2,(H2,30,31,32,33,34)/b29-19-. The van der Waals surface area contributed by atoms with Crippen LogP contribution in [0.1, 0.15) is 35.2 Å². The highest BCUT2D eigenvalue weighted by Gasteiger charge is 2.17. The zero-order valence-corrected chi connectivity index (χ0v) is 21.4. The Kier molecular flexibility index (Phi) is 8.15. The number of anilines is 4. The van der Waals surface area contributed by atoms with E-state index in [4.69, 9.17) is 4.74 Å². The predicted molar refractivity (Wildman–Crippen MR) is 151 cm³/mol. The number of benzene rings is 3. The maximum Gasteiger partial charge on any atom is 0.343 e. The summed E-state index contributed by atoms with van der Waals surface area (Å²) < 4.78 is 5.42. The van der Waals surface area contributed by atoms with E-state index in [2.05, 4.69) is 35.7 Å². The first-order valence-corrected chi connectivity index (χ1v) is 12.7. The summed E-state index contributed by atoms with van der Waals surface area (Å²) in [7, 11) is 0. The molecular formula is C28H26N8O4. The van der Waals surface area contributed by atoms with Gasteiger partial charge < -0.3 is 15.0 Å². The zero-order chi connectivity index (χ0) is 27.7. The number of hydrazone groups is 1. The lowest BCUT2D eigenvalue weighted by Crippen LogP contribution is -2.31. The summed E-state index contributed by atoms with van der Waals surface area (Å²) in [5, 5.41) is 18.3. The van der Waals surface area contributed by atoms with Gasteiger partial charge in [0.2, 0.25) is 17.8 Å². The van der Waals surface area contributed by atoms with Crippen LogP contribution < -0.4 is 20.4 Å². The molecule has 12 nitrogen and oxygen atoms in total. The molecule has 0 amide bonds. The minimum Gasteiger partial charge on any atom is -0.423 e. The molecule has 1 aliphatic heterocycles. The molecule has 0 saturated carbocycles. The average Bonchev–Trinajstić information content (AvgIpc) is 2.98. The lowest BCUT2D eigenvalue weighted by atomic mass is 10.1. The first kappa shape index (κ1) is 26.2. The Bertz CT molecular complexity index is 1510. The highest BCUT2D eigenvalue weighted by molar-refractivity contribution is 5.91. The fourth-order valence-corrected chi connectivity index (χ4v) is 4.06. The van der Waals surface area contributed by atoms with E-state index in [-0.39, 0.29) is 17.2 Å². The number of rotatable bonds is 9. The molecule has 1 fully saturated rings. The van der Waals surface area contributed by atoms with Gasteiger partial charge in [0.05, 0.1) is 16.7 Å². The zero-order valence-electron chi connectivity index (χ0n) is 21.4. The Morgan fingerprint density at radius 3 is 2.42 bits per heavy atom. The highest BCUT2D eigenvalue weighted by atomic mass is 16.6. The number of nitro benzene ring substituents is 1. The average molecular weight is 539 g/mol. The van der Waals surface area contributed by atoms with Crippen LogP contribution in [0.15, 0.2) is 84.0 Å². The molecule has 1 aromatic heterocycles. The number of hydrogen-bond acceptors (Lipinski definition) is 11. The van der Waals surface area contributed by atoms with E-state index in [9.17, 15) is 14.9 Å². The van der Waals surface area contributed by atoms with Crippen LogP contribution in [0.5, 0.6) is 5.75 Å². The maximum absolute atomic E-state index is 12.5. The smallest absolute Gasteiger partial charge is 0.343 e. The largest absolute Gasteiger partial charge is 0.423 e. The van der Waals surface area contributed by atoms with Gasteiger partial charge in [0.15, 0.2) is 0 Å². The molecule has 0 radical (unpaired) electrons. The molecule has 0 unspecified atom stereocenters. The molecule has 0 spiro atoms. The third-order valence-electron chi connectivity index (χ3n) is 6.05. The van der Waals surface area contributed by atoms with Gasteiger partial charge in [0.25, 0.3) is 5.69 Å². The van der Waals surface area contributed by atoms with Crippen molar-refractivity contribution in [2.45, 2.75) is 19.3 Å². The summed E-state index contributed by atoms with van der Waals surface area (Å²) in [5.41, 5.74) is 4.49. The fourth-order valence-electron chi connectivity index (χ4n) is 4.06. The van der Waals surface area contributed by atoms with Crippen molar-refractivity contribution in [3.63, 3.8) is 0 Å². The molecule has 4 aromatic rings. The molecule has 1 saturated heterocycles. The number of nitrogens with one attached hydrogen (secondary N) is 2. The molecular weight excluding hydrogens is 512 g/mol. The van der Waals surface area contributed by atoms with E-state index in [0.29, 0.717) is 23.2 Å². The Labute approximate surface area is 229 Å². The summed E-state index contributed by atoms with van der Waals surface area (Å²) in [5.74, 6) is 0.932. The number of nitrogens with zero attached hydrogens (tertiary/aromatic N) is 6. The number of esters is 1. The number of ether oxygens (including phenoxy) is 1. The van der Waals surface area contributed by atoms with Gasteiger partial charge in [-0.3, -0.25) is 10.1 Å². The van der Waals surface area contributed by atoms with Gasteiger partial charge >= 0.3 is 5.97 Å². The predicted octanol–water partition coefficient (Wildman–Crippen LogP) is 5.18. The molecule has 5 rings (SSSR count). The van der Waals surface area contributed by atoms with Crippen LogP contribution in [0.3, 0.4) is 0 Å². The topological polar surface area (TPSA) is 148 Å². The Balaban J connectivity index is 1.28. The van der Waals surface area contributed by atoms with E-state index < -0.39 is 10.9 Å². The van der Waals surface area contributed by atoms with Crippen LogP contribution in [0.4, 0.5) is 29.2 Å². The van der Waals surface area contributed by atoms with Crippen molar-refractivity contribution >= 4 is 41.4 Å². The SMILES string of the molecule is O=C(Oc1cccc(/C=N\Nc2nc(Nc3ccccc3)nc(N3CCCCC3)n2)c1)c1ccc([N+](=O)[O-])cc1.